The fourth-order valence-corrected chi connectivity index (χ4v) is 4.47. The summed E-state index contributed by atoms with van der Waals surface area (Å²) in [6.45, 7) is 0. The summed E-state index contributed by atoms with van der Waals surface area (Å²) in [5, 5.41) is 10.1. The van der Waals surface area contributed by atoms with E-state index in [9.17, 15) is 9.59 Å². The molecule has 0 N–H and O–H groups in total. The predicted molar refractivity (Wildman–Crippen MR) is 127 cm³/mol. The van der Waals surface area contributed by atoms with Crippen molar-refractivity contribution in [2.75, 3.05) is 0 Å². The summed E-state index contributed by atoms with van der Waals surface area (Å²) in [6.07, 6.45) is 0. The van der Waals surface area contributed by atoms with Gasteiger partial charge in [0.15, 0.2) is 5.16 Å². The first-order valence-corrected chi connectivity index (χ1v) is 11.2. The van der Waals surface area contributed by atoms with Gasteiger partial charge in [-0.05, 0) is 42.5 Å². The highest BCUT2D eigenvalue weighted by Crippen LogP contribution is 2.27. The molecule has 3 aromatic carbocycles. The number of benzene rings is 3. The number of fused-ring (bicyclic) bond motifs is 2. The predicted octanol–water partition coefficient (Wildman–Crippen LogP) is 4.55. The van der Waals surface area contributed by atoms with Gasteiger partial charge in [0, 0.05) is 0 Å². The molecular formula is C22H13Cl2N5O2S. The van der Waals surface area contributed by atoms with E-state index in [0.717, 1.165) is 0 Å². The van der Waals surface area contributed by atoms with Crippen LogP contribution in [0.15, 0.2) is 81.5 Å². The fourth-order valence-electron chi connectivity index (χ4n) is 3.29. The number of para-hydroxylation sites is 1. The second-order valence-electron chi connectivity index (χ2n) is 6.84. The summed E-state index contributed by atoms with van der Waals surface area (Å²) >= 11 is 13.4. The zero-order chi connectivity index (χ0) is 22.2. The van der Waals surface area contributed by atoms with Crippen molar-refractivity contribution in [1.29, 1.82) is 0 Å². The molecule has 0 saturated carbocycles. The van der Waals surface area contributed by atoms with E-state index in [1.807, 2.05) is 6.07 Å². The third-order valence-corrected chi connectivity index (χ3v) is 6.50. The first-order valence-electron chi connectivity index (χ1n) is 9.45. The van der Waals surface area contributed by atoms with E-state index >= 15 is 0 Å². The number of halogens is 2. The Morgan fingerprint density at radius 1 is 0.812 bits per heavy atom. The van der Waals surface area contributed by atoms with E-state index in [0.29, 0.717) is 42.7 Å². The zero-order valence-corrected chi connectivity index (χ0v) is 18.6. The van der Waals surface area contributed by atoms with E-state index in [-0.39, 0.29) is 17.0 Å². The van der Waals surface area contributed by atoms with Gasteiger partial charge in [0.05, 0.1) is 37.9 Å². The maximum absolute atomic E-state index is 13.3. The minimum atomic E-state index is -0.271. The van der Waals surface area contributed by atoms with Crippen LogP contribution in [0.3, 0.4) is 0 Å². The van der Waals surface area contributed by atoms with Crippen LogP contribution in [0.25, 0.3) is 27.5 Å². The molecule has 0 saturated heterocycles. The number of hydrogen-bond donors (Lipinski definition) is 0. The lowest BCUT2D eigenvalue weighted by molar-refractivity contribution is 0.642. The SMILES string of the molecule is O=c1c2ccccc2nnn1CSc1nc2ccccc2c(=O)n1-c1ccc(Cl)c(Cl)c1. The van der Waals surface area contributed by atoms with Crippen LogP contribution in [0.4, 0.5) is 0 Å². The first-order chi connectivity index (χ1) is 15.5. The van der Waals surface area contributed by atoms with Crippen LogP contribution in [0.2, 0.25) is 10.0 Å². The molecule has 2 aromatic heterocycles. The van der Waals surface area contributed by atoms with Gasteiger partial charge in [-0.1, -0.05) is 64.4 Å². The summed E-state index contributed by atoms with van der Waals surface area (Å²) in [5.41, 5.74) is 1.06. The second kappa shape index (κ2) is 8.38. The highest BCUT2D eigenvalue weighted by atomic mass is 35.5. The molecule has 0 radical (unpaired) electrons. The molecule has 5 aromatic rings. The summed E-state index contributed by atoms with van der Waals surface area (Å²) in [4.78, 5) is 30.8. The average molecular weight is 482 g/mol. The largest absolute Gasteiger partial charge is 0.278 e. The maximum Gasteiger partial charge on any atom is 0.278 e. The van der Waals surface area contributed by atoms with Gasteiger partial charge in [0.2, 0.25) is 0 Å². The van der Waals surface area contributed by atoms with Crippen LogP contribution in [-0.4, -0.2) is 24.5 Å². The topological polar surface area (TPSA) is 82.7 Å². The van der Waals surface area contributed by atoms with Crippen molar-refractivity contribution < 1.29 is 0 Å². The lowest BCUT2D eigenvalue weighted by Gasteiger charge is -2.14. The molecule has 0 aliphatic carbocycles. The molecule has 0 unspecified atom stereocenters. The normalized spacial score (nSPS) is 11.3. The van der Waals surface area contributed by atoms with E-state index in [2.05, 4.69) is 15.3 Å². The maximum atomic E-state index is 13.3. The van der Waals surface area contributed by atoms with Crippen molar-refractivity contribution in [3.05, 3.63) is 97.5 Å². The molecule has 0 bridgehead atoms. The van der Waals surface area contributed by atoms with Crippen LogP contribution in [-0.2, 0) is 5.88 Å². The average Bonchev–Trinajstić information content (AvgIpc) is 2.81. The van der Waals surface area contributed by atoms with Crippen LogP contribution in [0.1, 0.15) is 0 Å². The van der Waals surface area contributed by atoms with Crippen LogP contribution >= 0.6 is 35.0 Å². The van der Waals surface area contributed by atoms with Gasteiger partial charge < -0.3 is 0 Å². The molecule has 10 heteroatoms. The van der Waals surface area contributed by atoms with Crippen molar-refractivity contribution in [3.63, 3.8) is 0 Å². The Hall–Kier alpha value is -3.20. The van der Waals surface area contributed by atoms with Crippen LogP contribution in [0, 0.1) is 0 Å². The molecule has 0 spiro atoms. The minimum Gasteiger partial charge on any atom is -0.268 e. The van der Waals surface area contributed by atoms with Crippen molar-refractivity contribution in [2.24, 2.45) is 0 Å². The Bertz CT molecular complexity index is 1620. The second-order valence-corrected chi connectivity index (χ2v) is 8.56. The first kappa shape index (κ1) is 20.7. The fraction of sp³-hybridized carbons (Fsp3) is 0.0455. The summed E-state index contributed by atoms with van der Waals surface area (Å²) in [7, 11) is 0. The van der Waals surface area contributed by atoms with Gasteiger partial charge in [-0.25, -0.2) is 4.98 Å². The zero-order valence-electron chi connectivity index (χ0n) is 16.3. The molecule has 0 atom stereocenters. The highest BCUT2D eigenvalue weighted by Gasteiger charge is 2.15. The number of hydrogen-bond acceptors (Lipinski definition) is 6. The number of thioether (sulfide) groups is 1. The number of nitrogens with zero attached hydrogens (tertiary/aromatic N) is 5. The molecule has 2 heterocycles. The molecule has 0 aliphatic heterocycles. The Labute approximate surface area is 195 Å². The summed E-state index contributed by atoms with van der Waals surface area (Å²) in [6, 6.07) is 19.0. The molecule has 0 amide bonds. The van der Waals surface area contributed by atoms with Crippen LogP contribution in [0.5, 0.6) is 0 Å². The van der Waals surface area contributed by atoms with Crippen molar-refractivity contribution in [3.8, 4) is 5.69 Å². The van der Waals surface area contributed by atoms with E-state index in [4.69, 9.17) is 23.2 Å². The van der Waals surface area contributed by atoms with Gasteiger partial charge in [-0.15, -0.1) is 5.10 Å². The Balaban J connectivity index is 1.63. The standard InChI is InChI=1S/C22H13Cl2N5O2S/c23-16-10-9-13(11-17(16)24)29-21(31)14-5-1-3-7-18(14)25-22(29)32-12-28-20(30)15-6-2-4-8-19(15)26-27-28/h1-11H,12H2. The molecule has 0 aliphatic rings. The van der Waals surface area contributed by atoms with Gasteiger partial charge in [-0.2, -0.15) is 4.68 Å². The highest BCUT2D eigenvalue weighted by molar-refractivity contribution is 7.98. The molecule has 5 rings (SSSR count). The van der Waals surface area contributed by atoms with Crippen molar-refractivity contribution in [2.45, 2.75) is 11.0 Å². The lowest BCUT2D eigenvalue weighted by atomic mass is 10.2. The molecule has 158 valence electrons. The van der Waals surface area contributed by atoms with E-state index in [1.165, 1.54) is 21.0 Å². The van der Waals surface area contributed by atoms with E-state index in [1.54, 1.807) is 60.7 Å². The Kier molecular flexibility index (Phi) is 5.42. The monoisotopic (exact) mass is 481 g/mol. The lowest BCUT2D eigenvalue weighted by Crippen LogP contribution is -2.25. The quantitative estimate of drug-likeness (QED) is 0.276. The summed E-state index contributed by atoms with van der Waals surface area (Å²) < 4.78 is 2.70. The number of aromatic nitrogens is 5. The van der Waals surface area contributed by atoms with Gasteiger partial charge in [0.25, 0.3) is 11.1 Å². The molecule has 7 nitrogen and oxygen atoms in total. The summed E-state index contributed by atoms with van der Waals surface area (Å²) in [5.74, 6) is 0.114. The number of rotatable bonds is 4. The van der Waals surface area contributed by atoms with Crippen molar-refractivity contribution >= 4 is 56.8 Å². The Morgan fingerprint density at radius 3 is 2.25 bits per heavy atom. The smallest absolute Gasteiger partial charge is 0.268 e. The minimum absolute atomic E-state index is 0.114. The van der Waals surface area contributed by atoms with Gasteiger partial charge in [-0.3, -0.25) is 14.2 Å². The third kappa shape index (κ3) is 3.66. The molecular weight excluding hydrogens is 469 g/mol. The Morgan fingerprint density at radius 2 is 1.50 bits per heavy atom. The van der Waals surface area contributed by atoms with Crippen molar-refractivity contribution in [1.82, 2.24) is 24.5 Å². The van der Waals surface area contributed by atoms with Gasteiger partial charge >= 0.3 is 0 Å². The molecule has 32 heavy (non-hydrogen) atoms. The van der Waals surface area contributed by atoms with E-state index < -0.39 is 0 Å². The molecule has 0 fully saturated rings. The van der Waals surface area contributed by atoms with Gasteiger partial charge in [0.1, 0.15) is 5.52 Å². The van der Waals surface area contributed by atoms with Crippen LogP contribution < -0.4 is 11.1 Å². The third-order valence-electron chi connectivity index (χ3n) is 4.85.